The molecule has 6 heteroatoms. The lowest BCUT2D eigenvalue weighted by atomic mass is 10.1. The van der Waals surface area contributed by atoms with Gasteiger partial charge in [0.05, 0.1) is 12.2 Å². The summed E-state index contributed by atoms with van der Waals surface area (Å²) >= 11 is 0. The third-order valence-electron chi connectivity index (χ3n) is 2.06. The molecule has 0 radical (unpaired) electrons. The Labute approximate surface area is 98.1 Å². The summed E-state index contributed by atoms with van der Waals surface area (Å²) in [5, 5.41) is 16.2. The van der Waals surface area contributed by atoms with Crippen molar-refractivity contribution in [1.82, 2.24) is 0 Å². The molecule has 1 aromatic rings. The highest BCUT2D eigenvalue weighted by molar-refractivity contribution is 6.48. The largest absolute Gasteiger partial charge is 0.434 e. The van der Waals surface area contributed by atoms with Gasteiger partial charge in [-0.3, -0.25) is 0 Å². The summed E-state index contributed by atoms with van der Waals surface area (Å²) in [5.41, 5.74) is 1.27. The number of aliphatic hydroxyl groups is 1. The molecule has 2 rings (SSSR count). The Hall–Kier alpha value is -2.08. The van der Waals surface area contributed by atoms with Crippen molar-refractivity contribution < 1.29 is 19.5 Å². The van der Waals surface area contributed by atoms with Crippen molar-refractivity contribution in [3.63, 3.8) is 0 Å². The van der Waals surface area contributed by atoms with Gasteiger partial charge in [0.15, 0.2) is 5.71 Å². The van der Waals surface area contributed by atoms with Crippen molar-refractivity contribution >= 4 is 11.6 Å². The molecule has 0 amide bonds. The van der Waals surface area contributed by atoms with Crippen molar-refractivity contribution in [2.45, 2.75) is 0 Å². The van der Waals surface area contributed by atoms with Crippen LogP contribution in [-0.2, 0) is 9.68 Å². The number of oxime groups is 2. The Morgan fingerprint density at radius 3 is 2.88 bits per heavy atom. The number of hydrogen-bond acceptors (Lipinski definition) is 6. The minimum absolute atomic E-state index is 0.101. The van der Waals surface area contributed by atoms with Crippen molar-refractivity contribution in [3.8, 4) is 5.75 Å². The highest BCUT2D eigenvalue weighted by Crippen LogP contribution is 2.26. The zero-order valence-electron chi connectivity index (χ0n) is 9.29. The van der Waals surface area contributed by atoms with Gasteiger partial charge in [0.2, 0.25) is 0 Å². The van der Waals surface area contributed by atoms with Crippen LogP contribution in [0.25, 0.3) is 0 Å². The molecule has 0 fully saturated rings. The molecule has 0 aliphatic carbocycles. The van der Waals surface area contributed by atoms with Crippen LogP contribution in [0.15, 0.2) is 34.6 Å². The maximum absolute atomic E-state index is 8.59. The van der Waals surface area contributed by atoms with E-state index in [2.05, 4.69) is 10.3 Å². The molecular formula is C11H12N2O4. The lowest BCUT2D eigenvalue weighted by Gasteiger charge is -1.98. The summed E-state index contributed by atoms with van der Waals surface area (Å²) < 4.78 is 5.45. The third kappa shape index (κ3) is 2.36. The molecule has 0 bridgehead atoms. The third-order valence-corrected chi connectivity index (χ3v) is 2.06. The van der Waals surface area contributed by atoms with Gasteiger partial charge < -0.3 is 19.5 Å². The topological polar surface area (TPSA) is 72.6 Å². The van der Waals surface area contributed by atoms with Crippen LogP contribution >= 0.6 is 0 Å². The van der Waals surface area contributed by atoms with Gasteiger partial charge in [0, 0.05) is 0 Å². The molecule has 0 spiro atoms. The first kappa shape index (κ1) is 11.4. The van der Waals surface area contributed by atoms with Crippen LogP contribution in [0, 0.1) is 0 Å². The predicted molar refractivity (Wildman–Crippen MR) is 61.1 cm³/mol. The van der Waals surface area contributed by atoms with Crippen LogP contribution in [0.5, 0.6) is 5.75 Å². The van der Waals surface area contributed by atoms with E-state index in [0.29, 0.717) is 11.5 Å². The minimum atomic E-state index is -0.111. The molecule has 90 valence electrons. The molecule has 1 heterocycles. The molecule has 1 aliphatic rings. The Morgan fingerprint density at radius 2 is 2.12 bits per heavy atom. The van der Waals surface area contributed by atoms with E-state index in [1.165, 1.54) is 7.11 Å². The maximum Gasteiger partial charge on any atom is 0.286 e. The molecule has 6 nitrogen and oxygen atoms in total. The second-order valence-corrected chi connectivity index (χ2v) is 3.17. The molecule has 0 atom stereocenters. The van der Waals surface area contributed by atoms with Crippen LogP contribution in [0.4, 0.5) is 0 Å². The van der Waals surface area contributed by atoms with Gasteiger partial charge in [-0.05, 0) is 17.3 Å². The molecule has 1 aliphatic heterocycles. The quantitative estimate of drug-likeness (QED) is 0.618. The number of nitrogens with zero attached hydrogens (tertiary/aromatic N) is 2. The predicted octanol–water partition coefficient (Wildman–Crippen LogP) is 0.752. The van der Waals surface area contributed by atoms with Crippen molar-refractivity contribution in [3.05, 3.63) is 29.8 Å². The average Bonchev–Trinajstić information content (AvgIpc) is 2.69. The van der Waals surface area contributed by atoms with E-state index in [0.717, 1.165) is 5.56 Å². The second-order valence-electron chi connectivity index (χ2n) is 3.17. The average molecular weight is 236 g/mol. The molecule has 17 heavy (non-hydrogen) atoms. The fraction of sp³-hybridized carbons (Fsp3) is 0.273. The maximum atomic E-state index is 8.59. The summed E-state index contributed by atoms with van der Waals surface area (Å²) in [6.07, 6.45) is 0. The monoisotopic (exact) mass is 236 g/mol. The van der Waals surface area contributed by atoms with Crippen molar-refractivity contribution in [1.29, 1.82) is 0 Å². The zero-order valence-corrected chi connectivity index (χ0v) is 9.29. The summed E-state index contributed by atoms with van der Waals surface area (Å²) in [4.78, 5) is 9.59. The number of rotatable bonds is 4. The molecular weight excluding hydrogens is 224 g/mol. The summed E-state index contributed by atoms with van der Waals surface area (Å²) in [6, 6.07) is 7.36. The van der Waals surface area contributed by atoms with Gasteiger partial charge in [0.25, 0.3) is 5.90 Å². The summed E-state index contributed by atoms with van der Waals surface area (Å²) in [6.45, 7) is -0.00997. The molecule has 1 N–H and O–H groups in total. The Kier molecular flexibility index (Phi) is 3.56. The number of fused-ring (bicyclic) bond motifs is 1. The number of para-hydroxylation sites is 1. The van der Waals surface area contributed by atoms with Crippen LogP contribution in [0.2, 0.25) is 0 Å². The van der Waals surface area contributed by atoms with Gasteiger partial charge in [-0.1, -0.05) is 17.3 Å². The fourth-order valence-corrected chi connectivity index (χ4v) is 1.41. The minimum Gasteiger partial charge on any atom is -0.434 e. The van der Waals surface area contributed by atoms with Gasteiger partial charge in [-0.15, -0.1) is 0 Å². The van der Waals surface area contributed by atoms with Crippen LogP contribution in [0.3, 0.4) is 0 Å². The van der Waals surface area contributed by atoms with Gasteiger partial charge in [0.1, 0.15) is 19.5 Å². The number of hydrogen-bond donors (Lipinski definition) is 1. The van der Waals surface area contributed by atoms with Crippen LogP contribution in [0.1, 0.15) is 5.56 Å². The van der Waals surface area contributed by atoms with Crippen molar-refractivity contribution in [2.24, 2.45) is 10.3 Å². The Bertz CT molecular complexity index is 457. The molecule has 0 saturated carbocycles. The standard InChI is InChI=1S/C11H12N2O4/c1-15-12-10-8-4-2-3-5-9(8)17-11(10)13-16-7-6-14/h2-5,14H,6-7H2,1H3/b12-10+,13-11?. The first-order valence-electron chi connectivity index (χ1n) is 5.06. The van der Waals surface area contributed by atoms with Gasteiger partial charge in [-0.2, -0.15) is 0 Å². The first-order chi connectivity index (χ1) is 8.36. The lowest BCUT2D eigenvalue weighted by Crippen LogP contribution is -2.15. The molecule has 1 aromatic carbocycles. The Morgan fingerprint density at radius 1 is 1.29 bits per heavy atom. The molecule has 0 unspecified atom stereocenters. The highest BCUT2D eigenvalue weighted by atomic mass is 16.7. The molecule has 0 saturated heterocycles. The van der Waals surface area contributed by atoms with E-state index in [9.17, 15) is 0 Å². The molecule has 0 aromatic heterocycles. The number of aliphatic hydroxyl groups excluding tert-OH is 1. The van der Waals surface area contributed by atoms with E-state index in [4.69, 9.17) is 19.5 Å². The Balaban J connectivity index is 2.27. The van der Waals surface area contributed by atoms with Crippen molar-refractivity contribution in [2.75, 3.05) is 20.3 Å². The van der Waals surface area contributed by atoms with E-state index in [-0.39, 0.29) is 19.1 Å². The van der Waals surface area contributed by atoms with Gasteiger partial charge in [-0.25, -0.2) is 0 Å². The number of ether oxygens (including phenoxy) is 1. The van der Waals surface area contributed by atoms with E-state index >= 15 is 0 Å². The zero-order chi connectivity index (χ0) is 12.1. The SMILES string of the molecule is CO/N=C1/C(=NOCCO)Oc2ccccc21. The normalized spacial score (nSPS) is 18.0. The first-order valence-corrected chi connectivity index (χ1v) is 5.06. The van der Waals surface area contributed by atoms with E-state index < -0.39 is 0 Å². The second kappa shape index (κ2) is 5.31. The van der Waals surface area contributed by atoms with E-state index in [1.807, 2.05) is 18.2 Å². The summed E-state index contributed by atoms with van der Waals surface area (Å²) in [5.74, 6) is 0.871. The number of benzene rings is 1. The van der Waals surface area contributed by atoms with Crippen LogP contribution in [-0.4, -0.2) is 37.0 Å². The highest BCUT2D eigenvalue weighted by Gasteiger charge is 2.28. The van der Waals surface area contributed by atoms with Gasteiger partial charge >= 0.3 is 0 Å². The lowest BCUT2D eigenvalue weighted by molar-refractivity contribution is 0.0960. The van der Waals surface area contributed by atoms with Crippen LogP contribution < -0.4 is 4.74 Å². The van der Waals surface area contributed by atoms with E-state index in [1.54, 1.807) is 6.07 Å². The fourth-order valence-electron chi connectivity index (χ4n) is 1.41. The smallest absolute Gasteiger partial charge is 0.286 e. The summed E-state index contributed by atoms with van der Waals surface area (Å²) in [7, 11) is 1.44.